The highest BCUT2D eigenvalue weighted by molar-refractivity contribution is 6.32. The summed E-state index contributed by atoms with van der Waals surface area (Å²) in [6, 6.07) is 22.3. The van der Waals surface area contributed by atoms with Crippen LogP contribution >= 0.6 is 35.6 Å². The van der Waals surface area contributed by atoms with Crippen molar-refractivity contribution in [3.8, 4) is 11.5 Å². The molecular weight excluding hydrogens is 453 g/mol. The zero-order valence-corrected chi connectivity index (χ0v) is 20.1. The highest BCUT2D eigenvalue weighted by Crippen LogP contribution is 2.37. The fourth-order valence-electron chi connectivity index (χ4n) is 3.38. The third-order valence-corrected chi connectivity index (χ3v) is 5.60. The Morgan fingerprint density at radius 3 is 2.32 bits per heavy atom. The van der Waals surface area contributed by atoms with Crippen LogP contribution in [0, 0.1) is 0 Å². The first-order valence-corrected chi connectivity index (χ1v) is 10.9. The van der Waals surface area contributed by atoms with Crippen LogP contribution in [0.1, 0.15) is 42.5 Å². The quantitative estimate of drug-likeness (QED) is 0.323. The van der Waals surface area contributed by atoms with E-state index in [0.29, 0.717) is 34.7 Å². The first-order valence-electron chi connectivity index (χ1n) is 10.1. The summed E-state index contributed by atoms with van der Waals surface area (Å²) in [5.74, 6) is 1.13. The van der Waals surface area contributed by atoms with Gasteiger partial charge in [0, 0.05) is 23.2 Å². The second-order valence-corrected chi connectivity index (χ2v) is 7.94. The molecule has 1 atom stereocenters. The van der Waals surface area contributed by atoms with Crippen molar-refractivity contribution in [1.82, 2.24) is 5.32 Å². The highest BCUT2D eigenvalue weighted by atomic mass is 35.5. The Balaban J connectivity index is 0.00000341. The van der Waals surface area contributed by atoms with Gasteiger partial charge in [0.1, 0.15) is 6.61 Å². The minimum absolute atomic E-state index is 0. The van der Waals surface area contributed by atoms with Crippen LogP contribution in [0.4, 0.5) is 0 Å². The molecule has 0 aromatic heterocycles. The van der Waals surface area contributed by atoms with E-state index in [1.54, 1.807) is 7.11 Å². The Morgan fingerprint density at radius 1 is 0.935 bits per heavy atom. The molecule has 3 rings (SSSR count). The molecule has 0 saturated carbocycles. The van der Waals surface area contributed by atoms with Gasteiger partial charge in [-0.25, -0.2) is 0 Å². The van der Waals surface area contributed by atoms with Gasteiger partial charge in [-0.05, 0) is 35.7 Å². The van der Waals surface area contributed by atoms with Gasteiger partial charge in [0.2, 0.25) is 0 Å². The monoisotopic (exact) mass is 479 g/mol. The Hall–Kier alpha value is -1.91. The molecule has 31 heavy (non-hydrogen) atoms. The number of nitrogens with one attached hydrogen (secondary N) is 1. The van der Waals surface area contributed by atoms with Crippen molar-refractivity contribution in [3.63, 3.8) is 0 Å². The molecule has 6 heteroatoms. The summed E-state index contributed by atoms with van der Waals surface area (Å²) in [5, 5.41) is 4.83. The van der Waals surface area contributed by atoms with Crippen molar-refractivity contribution < 1.29 is 9.47 Å². The summed E-state index contributed by atoms with van der Waals surface area (Å²) < 4.78 is 11.5. The van der Waals surface area contributed by atoms with E-state index in [4.69, 9.17) is 32.7 Å². The van der Waals surface area contributed by atoms with Gasteiger partial charge in [-0.15, -0.1) is 12.4 Å². The summed E-state index contributed by atoms with van der Waals surface area (Å²) in [5.41, 5.74) is 3.23. The van der Waals surface area contributed by atoms with Crippen molar-refractivity contribution in [2.45, 2.75) is 39.0 Å². The summed E-state index contributed by atoms with van der Waals surface area (Å²) in [6.45, 7) is 3.20. The van der Waals surface area contributed by atoms with Gasteiger partial charge in [-0.3, -0.25) is 0 Å². The van der Waals surface area contributed by atoms with Crippen LogP contribution in [0.3, 0.4) is 0 Å². The van der Waals surface area contributed by atoms with E-state index >= 15 is 0 Å². The van der Waals surface area contributed by atoms with Gasteiger partial charge in [-0.1, -0.05) is 85.1 Å². The van der Waals surface area contributed by atoms with E-state index in [-0.39, 0.29) is 18.4 Å². The number of halogens is 3. The maximum absolute atomic E-state index is 6.55. The molecule has 0 aliphatic heterocycles. The van der Waals surface area contributed by atoms with E-state index in [9.17, 15) is 0 Å². The van der Waals surface area contributed by atoms with Crippen LogP contribution in [-0.4, -0.2) is 7.11 Å². The fourth-order valence-corrected chi connectivity index (χ4v) is 3.86. The van der Waals surface area contributed by atoms with Crippen molar-refractivity contribution in [1.29, 1.82) is 0 Å². The summed E-state index contributed by atoms with van der Waals surface area (Å²) in [6.07, 6.45) is 2.17. The van der Waals surface area contributed by atoms with E-state index in [0.717, 1.165) is 24.0 Å². The Morgan fingerprint density at radius 2 is 1.65 bits per heavy atom. The van der Waals surface area contributed by atoms with Crippen LogP contribution in [0.5, 0.6) is 11.5 Å². The Kier molecular flexibility index (Phi) is 10.5. The Bertz CT molecular complexity index is 951. The molecule has 0 spiro atoms. The number of ether oxygens (including phenoxy) is 2. The number of benzene rings is 3. The molecule has 0 heterocycles. The maximum atomic E-state index is 6.55. The van der Waals surface area contributed by atoms with E-state index in [1.165, 1.54) is 5.56 Å². The lowest BCUT2D eigenvalue weighted by Crippen LogP contribution is -2.20. The average molecular weight is 481 g/mol. The molecule has 0 radical (unpaired) electrons. The van der Waals surface area contributed by atoms with Crippen LogP contribution in [0.15, 0.2) is 66.7 Å². The molecule has 166 valence electrons. The summed E-state index contributed by atoms with van der Waals surface area (Å²) >= 11 is 12.8. The minimum Gasteiger partial charge on any atom is -0.493 e. The van der Waals surface area contributed by atoms with Gasteiger partial charge in [0.25, 0.3) is 0 Å². The zero-order chi connectivity index (χ0) is 21.3. The van der Waals surface area contributed by atoms with E-state index in [1.807, 2.05) is 42.5 Å². The topological polar surface area (TPSA) is 30.5 Å². The lowest BCUT2D eigenvalue weighted by Gasteiger charge is -2.20. The number of hydrogen-bond acceptors (Lipinski definition) is 3. The van der Waals surface area contributed by atoms with Crippen LogP contribution in [-0.2, 0) is 13.2 Å². The highest BCUT2D eigenvalue weighted by Gasteiger charge is 2.15. The van der Waals surface area contributed by atoms with Crippen LogP contribution in [0.2, 0.25) is 10.0 Å². The van der Waals surface area contributed by atoms with Gasteiger partial charge < -0.3 is 14.8 Å². The summed E-state index contributed by atoms with van der Waals surface area (Å²) in [7, 11) is 1.62. The number of methoxy groups -OCH3 is 1. The third-order valence-electron chi connectivity index (χ3n) is 4.95. The SMILES string of the molecule is CCCC(NCc1cc(Cl)c(OCc2ccccc2Cl)c(OC)c1)c1ccccc1.Cl. The largest absolute Gasteiger partial charge is 0.493 e. The third kappa shape index (κ3) is 7.05. The molecule has 1 N–H and O–H groups in total. The molecule has 0 aliphatic rings. The van der Waals surface area contributed by atoms with Crippen LogP contribution in [0.25, 0.3) is 0 Å². The number of hydrogen-bond donors (Lipinski definition) is 1. The van der Waals surface area contributed by atoms with Crippen molar-refractivity contribution in [2.24, 2.45) is 0 Å². The second kappa shape index (κ2) is 12.8. The van der Waals surface area contributed by atoms with Crippen molar-refractivity contribution in [2.75, 3.05) is 7.11 Å². The predicted molar refractivity (Wildman–Crippen MR) is 132 cm³/mol. The molecule has 0 bridgehead atoms. The van der Waals surface area contributed by atoms with E-state index < -0.39 is 0 Å². The standard InChI is InChI=1S/C25H27Cl2NO2.ClH/c1-3-9-23(19-10-5-4-6-11-19)28-16-18-14-22(27)25(24(15-18)29-2)30-17-20-12-7-8-13-21(20)26;/h4-8,10-15,23,28H,3,9,16-17H2,1-2H3;1H. The normalized spacial score (nSPS) is 11.5. The van der Waals surface area contributed by atoms with Gasteiger partial charge >= 0.3 is 0 Å². The molecular formula is C25H28Cl3NO2. The predicted octanol–water partition coefficient (Wildman–Crippen LogP) is 7.63. The van der Waals surface area contributed by atoms with Gasteiger partial charge in [0.05, 0.1) is 12.1 Å². The van der Waals surface area contributed by atoms with Gasteiger partial charge in [-0.2, -0.15) is 0 Å². The lowest BCUT2D eigenvalue weighted by atomic mass is 10.0. The molecule has 0 fully saturated rings. The van der Waals surface area contributed by atoms with E-state index in [2.05, 4.69) is 36.5 Å². The number of rotatable bonds is 10. The van der Waals surface area contributed by atoms with Crippen molar-refractivity contribution in [3.05, 3.63) is 93.5 Å². The Labute approximate surface area is 201 Å². The molecule has 0 aliphatic carbocycles. The average Bonchev–Trinajstić information content (AvgIpc) is 2.77. The first kappa shape index (κ1) is 25.4. The molecule has 3 nitrogen and oxygen atoms in total. The molecule has 0 saturated heterocycles. The lowest BCUT2D eigenvalue weighted by molar-refractivity contribution is 0.284. The van der Waals surface area contributed by atoms with Gasteiger partial charge in [0.15, 0.2) is 11.5 Å². The minimum atomic E-state index is 0. The molecule has 3 aromatic rings. The first-order chi connectivity index (χ1) is 14.6. The molecule has 0 amide bonds. The smallest absolute Gasteiger partial charge is 0.180 e. The molecule has 1 unspecified atom stereocenters. The van der Waals surface area contributed by atoms with Crippen molar-refractivity contribution >= 4 is 35.6 Å². The maximum Gasteiger partial charge on any atom is 0.180 e. The molecule has 3 aromatic carbocycles. The van der Waals surface area contributed by atoms with Crippen LogP contribution < -0.4 is 14.8 Å². The fraction of sp³-hybridized carbons (Fsp3) is 0.280. The zero-order valence-electron chi connectivity index (χ0n) is 17.7. The summed E-state index contributed by atoms with van der Waals surface area (Å²) in [4.78, 5) is 0. The second-order valence-electron chi connectivity index (χ2n) is 7.12.